The molecular weight excluding hydrogens is 482 g/mol. The molecule has 3 rings (SSSR count). The molecule has 0 bridgehead atoms. The van der Waals surface area contributed by atoms with Crippen LogP contribution in [-0.2, 0) is 14.9 Å². The first-order valence-corrected chi connectivity index (χ1v) is 10.8. The van der Waals surface area contributed by atoms with Gasteiger partial charge in [0.1, 0.15) is 11.5 Å². The molecule has 3 N–H and O–H groups in total. The van der Waals surface area contributed by atoms with Crippen molar-refractivity contribution in [3.05, 3.63) is 91.4 Å². The number of rotatable bonds is 4. The topological polar surface area (TPSA) is 94.8 Å². The van der Waals surface area contributed by atoms with Crippen LogP contribution in [0.25, 0.3) is 0 Å². The summed E-state index contributed by atoms with van der Waals surface area (Å²) in [6.45, 7) is 0. The van der Waals surface area contributed by atoms with E-state index < -0.39 is 20.6 Å². The van der Waals surface area contributed by atoms with Gasteiger partial charge in [0, 0.05) is 26.7 Å². The summed E-state index contributed by atoms with van der Waals surface area (Å²) in [6.07, 6.45) is 0. The molecule has 0 heterocycles. The lowest BCUT2D eigenvalue weighted by molar-refractivity contribution is 0.440. The van der Waals surface area contributed by atoms with Crippen molar-refractivity contribution in [3.63, 3.8) is 0 Å². The van der Waals surface area contributed by atoms with Crippen LogP contribution in [0.5, 0.6) is 11.5 Å². The van der Waals surface area contributed by atoms with Gasteiger partial charge in [0.2, 0.25) is 0 Å². The second-order valence-electron chi connectivity index (χ2n) is 6.08. The fraction of sp³-hybridized carbons (Fsp3) is 0.0526. The molecule has 0 spiro atoms. The van der Waals surface area contributed by atoms with Gasteiger partial charge in [-0.25, -0.2) is 0 Å². The smallest absolute Gasteiger partial charge is 0.283 e. The van der Waals surface area contributed by atoms with Gasteiger partial charge >= 0.3 is 0 Å². The molecule has 0 saturated carbocycles. The van der Waals surface area contributed by atoms with E-state index in [2.05, 4.69) is 0 Å². The van der Waals surface area contributed by atoms with Gasteiger partial charge in [-0.15, -0.1) is 0 Å². The van der Waals surface area contributed by atoms with Crippen LogP contribution >= 0.6 is 46.4 Å². The Hall–Kier alpha value is -1.67. The van der Waals surface area contributed by atoms with E-state index in [1.807, 2.05) is 0 Å². The summed E-state index contributed by atoms with van der Waals surface area (Å²) in [4.78, 5) is 0. The van der Waals surface area contributed by atoms with Crippen LogP contribution in [0.1, 0.15) is 16.7 Å². The maximum Gasteiger partial charge on any atom is 0.283 e. The molecule has 3 aromatic carbocycles. The van der Waals surface area contributed by atoms with Gasteiger partial charge in [-0.3, -0.25) is 4.55 Å². The average molecular weight is 494 g/mol. The first-order chi connectivity index (χ1) is 13.5. The molecule has 0 radical (unpaired) electrons. The molecule has 152 valence electrons. The number of aromatic hydroxyl groups is 2. The quantitative estimate of drug-likeness (QED) is 0.311. The molecule has 10 heteroatoms. The fourth-order valence-electron chi connectivity index (χ4n) is 3.26. The molecule has 0 aromatic heterocycles. The Labute approximate surface area is 186 Å². The summed E-state index contributed by atoms with van der Waals surface area (Å²) in [5.74, 6) is -0.802. The van der Waals surface area contributed by atoms with Gasteiger partial charge in [-0.05, 0) is 36.4 Å². The highest BCUT2D eigenvalue weighted by molar-refractivity contribution is 7.87. The second-order valence-corrected chi connectivity index (χ2v) is 9.30. The molecule has 1 atom stereocenters. The van der Waals surface area contributed by atoms with E-state index in [-0.39, 0.29) is 42.5 Å². The molecule has 0 aliphatic carbocycles. The number of para-hydroxylation sites is 1. The third-order valence-corrected chi connectivity index (χ3v) is 6.94. The van der Waals surface area contributed by atoms with E-state index >= 15 is 0 Å². The van der Waals surface area contributed by atoms with Crippen LogP contribution in [-0.4, -0.2) is 23.2 Å². The first kappa shape index (κ1) is 22.0. The monoisotopic (exact) mass is 492 g/mol. The van der Waals surface area contributed by atoms with Crippen LogP contribution in [0.3, 0.4) is 0 Å². The molecule has 5 nitrogen and oxygen atoms in total. The molecule has 3 aromatic rings. The van der Waals surface area contributed by atoms with E-state index in [0.717, 1.165) is 12.1 Å². The van der Waals surface area contributed by atoms with Crippen molar-refractivity contribution in [1.29, 1.82) is 0 Å². The van der Waals surface area contributed by atoms with E-state index in [1.54, 1.807) is 0 Å². The zero-order valence-corrected chi connectivity index (χ0v) is 18.1. The molecule has 1 unspecified atom stereocenters. The SMILES string of the molecule is O=S(=O)(O)C(c1ccccc1O)(c1cc(Cl)ccc1Cl)c1c(Cl)cc(O)cc1Cl. The highest BCUT2D eigenvalue weighted by atomic mass is 35.5. The van der Waals surface area contributed by atoms with E-state index in [1.165, 1.54) is 42.5 Å². The Kier molecular flexibility index (Phi) is 5.98. The minimum Gasteiger partial charge on any atom is -0.508 e. The fourth-order valence-corrected chi connectivity index (χ4v) is 5.99. The largest absolute Gasteiger partial charge is 0.508 e. The third-order valence-electron chi connectivity index (χ3n) is 4.36. The van der Waals surface area contributed by atoms with Crippen LogP contribution < -0.4 is 0 Å². The van der Waals surface area contributed by atoms with Crippen LogP contribution in [0.2, 0.25) is 20.1 Å². The summed E-state index contributed by atoms with van der Waals surface area (Å²) in [6, 6.07) is 11.5. The van der Waals surface area contributed by atoms with Crippen LogP contribution in [0, 0.1) is 0 Å². The molecular formula is C19H12Cl4O5S. The molecule has 0 amide bonds. The van der Waals surface area contributed by atoms with Gasteiger partial charge in [-0.1, -0.05) is 64.6 Å². The number of hydrogen-bond acceptors (Lipinski definition) is 4. The Morgan fingerprint density at radius 3 is 1.90 bits per heavy atom. The number of halogens is 4. The predicted molar refractivity (Wildman–Crippen MR) is 114 cm³/mol. The Morgan fingerprint density at radius 1 is 0.759 bits per heavy atom. The lowest BCUT2D eigenvalue weighted by Crippen LogP contribution is -2.39. The van der Waals surface area contributed by atoms with E-state index in [9.17, 15) is 23.2 Å². The minimum atomic E-state index is -5.16. The second kappa shape index (κ2) is 7.87. The lowest BCUT2D eigenvalue weighted by atomic mass is 9.83. The van der Waals surface area contributed by atoms with Crippen molar-refractivity contribution in [2.45, 2.75) is 4.75 Å². The van der Waals surface area contributed by atoms with Gasteiger partial charge in [-0.2, -0.15) is 8.42 Å². The minimum absolute atomic E-state index is 0.0875. The van der Waals surface area contributed by atoms with Crippen molar-refractivity contribution in [1.82, 2.24) is 0 Å². The number of phenolic OH excluding ortho intramolecular Hbond substituents is 2. The van der Waals surface area contributed by atoms with Crippen LogP contribution in [0.4, 0.5) is 0 Å². The summed E-state index contributed by atoms with van der Waals surface area (Å²) >= 11 is 25.0. The normalized spacial score (nSPS) is 13.8. The molecule has 0 aliphatic heterocycles. The Bertz CT molecular complexity index is 1190. The molecule has 0 fully saturated rings. The molecule has 0 saturated heterocycles. The average Bonchev–Trinajstić information content (AvgIpc) is 2.60. The highest BCUT2D eigenvalue weighted by Crippen LogP contribution is 2.53. The van der Waals surface area contributed by atoms with E-state index in [4.69, 9.17) is 46.4 Å². The summed E-state index contributed by atoms with van der Waals surface area (Å²) in [7, 11) is -5.16. The van der Waals surface area contributed by atoms with Gasteiger partial charge < -0.3 is 10.2 Å². The standard InChI is InChI=1S/C19H12Cl4O5S/c20-10-5-6-14(21)13(7-10)19(29(26,27)28,12-3-1-2-4-17(12)25)18-15(22)8-11(24)9-16(18)23/h1-9,24-25H,(H,26,27,28). The van der Waals surface area contributed by atoms with Crippen LogP contribution in [0.15, 0.2) is 54.6 Å². The van der Waals surface area contributed by atoms with Crippen molar-refractivity contribution < 1.29 is 23.2 Å². The summed E-state index contributed by atoms with van der Waals surface area (Å²) < 4.78 is 34.0. The highest BCUT2D eigenvalue weighted by Gasteiger charge is 2.53. The summed E-state index contributed by atoms with van der Waals surface area (Å²) in [5.41, 5.74) is -0.766. The van der Waals surface area contributed by atoms with Gasteiger partial charge in [0.15, 0.2) is 4.75 Å². The number of phenols is 2. The summed E-state index contributed by atoms with van der Waals surface area (Å²) in [5, 5.41) is 19.8. The number of hydrogen-bond donors (Lipinski definition) is 3. The van der Waals surface area contributed by atoms with Gasteiger partial charge in [0.05, 0.1) is 10.0 Å². The first-order valence-electron chi connectivity index (χ1n) is 7.89. The maximum absolute atomic E-state index is 13.0. The number of benzene rings is 3. The van der Waals surface area contributed by atoms with Crippen molar-refractivity contribution in [2.75, 3.05) is 0 Å². The lowest BCUT2D eigenvalue weighted by Gasteiger charge is -2.35. The zero-order chi connectivity index (χ0) is 21.6. The van der Waals surface area contributed by atoms with Gasteiger partial charge in [0.25, 0.3) is 10.1 Å². The Balaban J connectivity index is 2.68. The maximum atomic E-state index is 13.0. The molecule has 29 heavy (non-hydrogen) atoms. The van der Waals surface area contributed by atoms with Crippen molar-refractivity contribution in [3.8, 4) is 11.5 Å². The molecule has 0 aliphatic rings. The Morgan fingerprint density at radius 2 is 1.34 bits per heavy atom. The van der Waals surface area contributed by atoms with E-state index in [0.29, 0.717) is 0 Å². The van der Waals surface area contributed by atoms with Crippen molar-refractivity contribution >= 4 is 56.5 Å². The predicted octanol–water partition coefficient (Wildman–Crippen LogP) is 5.89. The zero-order valence-electron chi connectivity index (χ0n) is 14.3. The van der Waals surface area contributed by atoms with Crippen molar-refractivity contribution in [2.24, 2.45) is 0 Å². The third kappa shape index (κ3) is 3.65.